The van der Waals surface area contributed by atoms with Gasteiger partial charge in [0.2, 0.25) is 5.78 Å². The fourth-order valence-corrected chi connectivity index (χ4v) is 1.80. The van der Waals surface area contributed by atoms with Crippen LogP contribution in [-0.2, 0) is 16.0 Å². The average Bonchev–Trinajstić information content (AvgIpc) is 2.19. The summed E-state index contributed by atoms with van der Waals surface area (Å²) in [5, 5.41) is 9.56. The summed E-state index contributed by atoms with van der Waals surface area (Å²) in [5.74, 6) is -1.08. The maximum atomic E-state index is 11.4. The summed E-state index contributed by atoms with van der Waals surface area (Å²) >= 11 is 0. The van der Waals surface area contributed by atoms with Crippen LogP contribution in [0.4, 0.5) is 0 Å². The highest BCUT2D eigenvalue weighted by Gasteiger charge is 2.26. The number of aliphatic hydroxyl groups excluding tert-OH is 1. The molecule has 0 amide bonds. The van der Waals surface area contributed by atoms with Crippen molar-refractivity contribution in [2.45, 2.75) is 13.3 Å². The molecular formula is C12H10O3. The van der Waals surface area contributed by atoms with E-state index in [1.165, 1.54) is 6.92 Å². The molecule has 0 atom stereocenters. The molecule has 0 spiro atoms. The highest BCUT2D eigenvalue weighted by Crippen LogP contribution is 2.28. The van der Waals surface area contributed by atoms with E-state index in [1.807, 2.05) is 6.07 Å². The zero-order valence-electron chi connectivity index (χ0n) is 8.28. The van der Waals surface area contributed by atoms with Crippen LogP contribution < -0.4 is 0 Å². The molecule has 2 rings (SSSR count). The monoisotopic (exact) mass is 202 g/mol. The molecule has 0 radical (unpaired) electrons. The molecule has 0 fully saturated rings. The van der Waals surface area contributed by atoms with Crippen molar-refractivity contribution in [2.75, 3.05) is 0 Å². The van der Waals surface area contributed by atoms with Gasteiger partial charge in [0.15, 0.2) is 11.5 Å². The second-order valence-electron chi connectivity index (χ2n) is 3.54. The van der Waals surface area contributed by atoms with E-state index >= 15 is 0 Å². The summed E-state index contributed by atoms with van der Waals surface area (Å²) in [6.45, 7) is 1.35. The van der Waals surface area contributed by atoms with Crippen molar-refractivity contribution in [3.8, 4) is 0 Å². The van der Waals surface area contributed by atoms with Crippen LogP contribution in [0.2, 0.25) is 0 Å². The molecule has 3 heteroatoms. The Morgan fingerprint density at radius 3 is 2.67 bits per heavy atom. The lowest BCUT2D eigenvalue weighted by Crippen LogP contribution is -2.18. The molecule has 1 aromatic rings. The Hall–Kier alpha value is -1.90. The van der Waals surface area contributed by atoms with Crippen molar-refractivity contribution in [3.05, 3.63) is 41.2 Å². The first kappa shape index (κ1) is 9.65. The van der Waals surface area contributed by atoms with Crippen molar-refractivity contribution in [1.29, 1.82) is 0 Å². The highest BCUT2D eigenvalue weighted by atomic mass is 16.3. The predicted molar refractivity (Wildman–Crippen MR) is 55.4 cm³/mol. The van der Waals surface area contributed by atoms with Gasteiger partial charge in [-0.25, -0.2) is 0 Å². The summed E-state index contributed by atoms with van der Waals surface area (Å²) in [4.78, 5) is 22.8. The average molecular weight is 202 g/mol. The van der Waals surface area contributed by atoms with Gasteiger partial charge in [0.1, 0.15) is 0 Å². The van der Waals surface area contributed by atoms with Crippen LogP contribution in [0.15, 0.2) is 30.0 Å². The standard InChI is InChI=1S/C12H10O3/c1-7(13)11-9-5-3-2-4-8(9)6-10(14)12(11)15/h2-5,15H,6H2,1H3. The molecule has 0 aliphatic heterocycles. The van der Waals surface area contributed by atoms with Crippen LogP contribution in [0, 0.1) is 0 Å². The van der Waals surface area contributed by atoms with E-state index in [0.29, 0.717) is 5.56 Å². The lowest BCUT2D eigenvalue weighted by molar-refractivity contribution is -0.118. The first-order valence-electron chi connectivity index (χ1n) is 4.67. The number of ketones is 2. The first-order chi connectivity index (χ1) is 7.11. The predicted octanol–water partition coefficient (Wildman–Crippen LogP) is 1.67. The SMILES string of the molecule is CC(=O)C1=C(O)C(=O)Cc2ccccc21. The summed E-state index contributed by atoms with van der Waals surface area (Å²) in [6.07, 6.45) is 0.165. The van der Waals surface area contributed by atoms with Crippen molar-refractivity contribution in [1.82, 2.24) is 0 Å². The third-order valence-electron chi connectivity index (χ3n) is 2.49. The van der Waals surface area contributed by atoms with Crippen LogP contribution >= 0.6 is 0 Å². The molecule has 1 aromatic carbocycles. The fourth-order valence-electron chi connectivity index (χ4n) is 1.80. The number of fused-ring (bicyclic) bond motifs is 1. The second kappa shape index (κ2) is 3.35. The van der Waals surface area contributed by atoms with Crippen LogP contribution in [0.1, 0.15) is 18.1 Å². The van der Waals surface area contributed by atoms with Crippen molar-refractivity contribution >= 4 is 17.1 Å². The summed E-state index contributed by atoms with van der Waals surface area (Å²) in [5.41, 5.74) is 1.61. The number of allylic oxidation sites excluding steroid dienone is 2. The zero-order valence-corrected chi connectivity index (χ0v) is 8.28. The van der Waals surface area contributed by atoms with E-state index in [1.54, 1.807) is 18.2 Å². The number of Topliss-reactive ketones (excluding diaryl/α,β-unsaturated/α-hetero) is 2. The zero-order chi connectivity index (χ0) is 11.0. The van der Waals surface area contributed by atoms with Gasteiger partial charge in [-0.2, -0.15) is 0 Å². The lowest BCUT2D eigenvalue weighted by atomic mass is 9.87. The molecule has 1 aliphatic carbocycles. The summed E-state index contributed by atoms with van der Waals surface area (Å²) in [7, 11) is 0. The van der Waals surface area contributed by atoms with E-state index in [4.69, 9.17) is 0 Å². The molecule has 0 bridgehead atoms. The molecular weight excluding hydrogens is 192 g/mol. The van der Waals surface area contributed by atoms with Gasteiger partial charge in [-0.15, -0.1) is 0 Å². The lowest BCUT2D eigenvalue weighted by Gasteiger charge is -2.17. The molecule has 76 valence electrons. The van der Waals surface area contributed by atoms with Gasteiger partial charge in [0.05, 0.1) is 5.57 Å². The third-order valence-corrected chi connectivity index (χ3v) is 2.49. The molecule has 3 nitrogen and oxygen atoms in total. The van der Waals surface area contributed by atoms with E-state index in [0.717, 1.165) is 5.56 Å². The molecule has 0 unspecified atom stereocenters. The summed E-state index contributed by atoms with van der Waals surface area (Å²) < 4.78 is 0. The van der Waals surface area contributed by atoms with E-state index < -0.39 is 5.76 Å². The normalized spacial score (nSPS) is 15.1. The van der Waals surface area contributed by atoms with E-state index in [2.05, 4.69) is 0 Å². The van der Waals surface area contributed by atoms with Crippen LogP contribution in [-0.4, -0.2) is 16.7 Å². The first-order valence-corrected chi connectivity index (χ1v) is 4.67. The molecule has 1 aliphatic rings. The maximum Gasteiger partial charge on any atom is 0.202 e. The highest BCUT2D eigenvalue weighted by molar-refractivity contribution is 6.27. The Morgan fingerprint density at radius 1 is 1.33 bits per heavy atom. The van der Waals surface area contributed by atoms with Gasteiger partial charge in [0.25, 0.3) is 0 Å². The largest absolute Gasteiger partial charge is 0.504 e. The molecule has 0 aromatic heterocycles. The van der Waals surface area contributed by atoms with Gasteiger partial charge >= 0.3 is 0 Å². The van der Waals surface area contributed by atoms with E-state index in [-0.39, 0.29) is 23.6 Å². The topological polar surface area (TPSA) is 54.4 Å². The van der Waals surface area contributed by atoms with Crippen LogP contribution in [0.25, 0.3) is 5.57 Å². The summed E-state index contributed by atoms with van der Waals surface area (Å²) in [6, 6.07) is 7.13. The molecule has 0 saturated heterocycles. The number of hydrogen-bond donors (Lipinski definition) is 1. The number of carbonyl (C=O) groups is 2. The molecule has 15 heavy (non-hydrogen) atoms. The minimum atomic E-state index is -0.402. The van der Waals surface area contributed by atoms with Crippen molar-refractivity contribution in [3.63, 3.8) is 0 Å². The molecule has 0 heterocycles. The third kappa shape index (κ3) is 1.46. The van der Waals surface area contributed by atoms with Crippen LogP contribution in [0.3, 0.4) is 0 Å². The Morgan fingerprint density at radius 2 is 2.00 bits per heavy atom. The van der Waals surface area contributed by atoms with Gasteiger partial charge in [-0.3, -0.25) is 9.59 Å². The van der Waals surface area contributed by atoms with E-state index in [9.17, 15) is 14.7 Å². The minimum absolute atomic E-state index is 0.141. The number of aliphatic hydroxyl groups is 1. The number of benzene rings is 1. The Balaban J connectivity index is 2.71. The molecule has 0 saturated carbocycles. The van der Waals surface area contributed by atoms with Crippen molar-refractivity contribution < 1.29 is 14.7 Å². The van der Waals surface area contributed by atoms with Gasteiger partial charge in [-0.1, -0.05) is 24.3 Å². The molecule has 1 N–H and O–H groups in total. The second-order valence-corrected chi connectivity index (χ2v) is 3.54. The van der Waals surface area contributed by atoms with Crippen LogP contribution in [0.5, 0.6) is 0 Å². The van der Waals surface area contributed by atoms with Gasteiger partial charge in [0, 0.05) is 6.42 Å². The number of hydrogen-bond acceptors (Lipinski definition) is 3. The van der Waals surface area contributed by atoms with Crippen molar-refractivity contribution in [2.24, 2.45) is 0 Å². The van der Waals surface area contributed by atoms with Gasteiger partial charge in [-0.05, 0) is 18.1 Å². The number of carbonyl (C=O) groups excluding carboxylic acids is 2. The number of rotatable bonds is 1. The fraction of sp³-hybridized carbons (Fsp3) is 0.167. The van der Waals surface area contributed by atoms with Gasteiger partial charge < -0.3 is 5.11 Å². The quantitative estimate of drug-likeness (QED) is 0.753. The Kier molecular flexibility index (Phi) is 2.15. The Bertz CT molecular complexity index is 483. The smallest absolute Gasteiger partial charge is 0.202 e. The Labute approximate surface area is 87.0 Å². The maximum absolute atomic E-state index is 11.4. The minimum Gasteiger partial charge on any atom is -0.504 e.